The van der Waals surface area contributed by atoms with Crippen LogP contribution in [0.1, 0.15) is 27.2 Å². The lowest BCUT2D eigenvalue weighted by molar-refractivity contribution is -0.142. The second kappa shape index (κ2) is 4.91. The van der Waals surface area contributed by atoms with E-state index in [2.05, 4.69) is 0 Å². The molecule has 15 heavy (non-hydrogen) atoms. The predicted octanol–water partition coefficient (Wildman–Crippen LogP) is -0.0835. The van der Waals surface area contributed by atoms with Gasteiger partial charge in [0.15, 0.2) is 0 Å². The molecule has 0 rings (SSSR count). The Hall–Kier alpha value is -0.660. The minimum Gasteiger partial charge on any atom is -0.481 e. The van der Waals surface area contributed by atoms with Crippen LogP contribution >= 0.6 is 0 Å². The standard InChI is InChI=1S/C8H18N2O4S/c1-8(2,3)4-6(7(11)12)5-10-15(9,13)14/h6,10H,4-5H2,1-3H3,(H,11,12)(H2,9,13,14). The third-order valence-electron chi connectivity index (χ3n) is 1.74. The van der Waals surface area contributed by atoms with Gasteiger partial charge in [-0.3, -0.25) is 4.79 Å². The molecule has 0 spiro atoms. The fraction of sp³-hybridized carbons (Fsp3) is 0.875. The van der Waals surface area contributed by atoms with Crippen molar-refractivity contribution in [2.75, 3.05) is 6.54 Å². The number of carboxylic acid groups (broad SMARTS) is 1. The Labute approximate surface area is 90.0 Å². The first kappa shape index (κ1) is 14.3. The van der Waals surface area contributed by atoms with Gasteiger partial charge in [0, 0.05) is 6.54 Å². The minimum atomic E-state index is -3.82. The molecule has 0 aliphatic heterocycles. The molecule has 0 aliphatic carbocycles. The zero-order valence-corrected chi connectivity index (χ0v) is 9.97. The Balaban J connectivity index is 4.38. The van der Waals surface area contributed by atoms with Gasteiger partial charge in [0.05, 0.1) is 5.92 Å². The first-order valence-electron chi connectivity index (χ1n) is 4.51. The molecular weight excluding hydrogens is 220 g/mol. The van der Waals surface area contributed by atoms with Gasteiger partial charge in [-0.2, -0.15) is 8.42 Å². The molecule has 1 atom stereocenters. The maximum absolute atomic E-state index is 10.8. The fourth-order valence-electron chi connectivity index (χ4n) is 1.20. The summed E-state index contributed by atoms with van der Waals surface area (Å²) in [6.45, 7) is 5.49. The van der Waals surface area contributed by atoms with Crippen molar-refractivity contribution in [2.24, 2.45) is 16.5 Å². The Morgan fingerprint density at radius 1 is 1.47 bits per heavy atom. The summed E-state index contributed by atoms with van der Waals surface area (Å²) in [4.78, 5) is 10.8. The molecule has 0 saturated heterocycles. The van der Waals surface area contributed by atoms with Crippen LogP contribution in [0.25, 0.3) is 0 Å². The van der Waals surface area contributed by atoms with Crippen LogP contribution in [-0.4, -0.2) is 26.0 Å². The van der Waals surface area contributed by atoms with Crippen molar-refractivity contribution in [3.8, 4) is 0 Å². The number of carbonyl (C=O) groups is 1. The monoisotopic (exact) mass is 238 g/mol. The van der Waals surface area contributed by atoms with Crippen LogP contribution in [0.5, 0.6) is 0 Å². The van der Waals surface area contributed by atoms with E-state index in [1.807, 2.05) is 25.5 Å². The van der Waals surface area contributed by atoms with Gasteiger partial charge in [-0.05, 0) is 11.8 Å². The molecule has 0 saturated carbocycles. The second-order valence-electron chi connectivity index (χ2n) is 4.69. The van der Waals surface area contributed by atoms with Crippen molar-refractivity contribution in [1.82, 2.24) is 4.72 Å². The van der Waals surface area contributed by atoms with Gasteiger partial charge in [0.1, 0.15) is 0 Å². The topological polar surface area (TPSA) is 109 Å². The van der Waals surface area contributed by atoms with Crippen molar-refractivity contribution in [3.05, 3.63) is 0 Å². The van der Waals surface area contributed by atoms with Gasteiger partial charge in [0.2, 0.25) is 0 Å². The van der Waals surface area contributed by atoms with Gasteiger partial charge < -0.3 is 5.11 Å². The Morgan fingerprint density at radius 3 is 2.20 bits per heavy atom. The number of hydrogen-bond donors (Lipinski definition) is 3. The Kier molecular flexibility index (Phi) is 4.69. The molecule has 0 aromatic carbocycles. The van der Waals surface area contributed by atoms with Crippen molar-refractivity contribution >= 4 is 16.2 Å². The van der Waals surface area contributed by atoms with E-state index in [9.17, 15) is 13.2 Å². The fourth-order valence-corrected chi connectivity index (χ4v) is 1.64. The van der Waals surface area contributed by atoms with Gasteiger partial charge in [-0.15, -0.1) is 0 Å². The summed E-state index contributed by atoms with van der Waals surface area (Å²) in [5, 5.41) is 13.6. The number of rotatable bonds is 5. The summed E-state index contributed by atoms with van der Waals surface area (Å²) in [5.74, 6) is -1.79. The normalized spacial score (nSPS) is 14.9. The molecule has 0 heterocycles. The number of carboxylic acids is 1. The van der Waals surface area contributed by atoms with Crippen molar-refractivity contribution in [3.63, 3.8) is 0 Å². The van der Waals surface area contributed by atoms with E-state index in [1.54, 1.807) is 0 Å². The molecule has 4 N–H and O–H groups in total. The smallest absolute Gasteiger partial charge is 0.307 e. The van der Waals surface area contributed by atoms with E-state index in [0.717, 1.165) is 0 Å². The average molecular weight is 238 g/mol. The largest absolute Gasteiger partial charge is 0.481 e. The third kappa shape index (κ3) is 8.34. The van der Waals surface area contributed by atoms with Crippen LogP contribution in [0.15, 0.2) is 0 Å². The van der Waals surface area contributed by atoms with Crippen LogP contribution in [0.2, 0.25) is 0 Å². The zero-order chi connectivity index (χ0) is 12.3. The highest BCUT2D eigenvalue weighted by Crippen LogP contribution is 2.24. The number of nitrogens with one attached hydrogen (secondary N) is 1. The van der Waals surface area contributed by atoms with Gasteiger partial charge in [-0.25, -0.2) is 9.86 Å². The maximum Gasteiger partial charge on any atom is 0.307 e. The summed E-state index contributed by atoms with van der Waals surface area (Å²) < 4.78 is 23.2. The van der Waals surface area contributed by atoms with Crippen LogP contribution < -0.4 is 9.86 Å². The van der Waals surface area contributed by atoms with E-state index in [4.69, 9.17) is 10.2 Å². The summed E-state index contributed by atoms with van der Waals surface area (Å²) in [7, 11) is -3.82. The second-order valence-corrected chi connectivity index (χ2v) is 6.07. The maximum atomic E-state index is 10.8. The quantitative estimate of drug-likeness (QED) is 0.622. The van der Waals surface area contributed by atoms with Gasteiger partial charge >= 0.3 is 5.97 Å². The van der Waals surface area contributed by atoms with Crippen LogP contribution in [-0.2, 0) is 15.0 Å². The van der Waals surface area contributed by atoms with E-state index < -0.39 is 22.1 Å². The molecule has 6 nitrogen and oxygen atoms in total. The van der Waals surface area contributed by atoms with Gasteiger partial charge in [-0.1, -0.05) is 20.8 Å². The third-order valence-corrected chi connectivity index (χ3v) is 2.31. The van der Waals surface area contributed by atoms with E-state index in [0.29, 0.717) is 6.42 Å². The molecule has 1 unspecified atom stereocenters. The summed E-state index contributed by atoms with van der Waals surface area (Å²) in [5.41, 5.74) is -0.177. The highest BCUT2D eigenvalue weighted by atomic mass is 32.2. The highest BCUT2D eigenvalue weighted by molar-refractivity contribution is 7.87. The van der Waals surface area contributed by atoms with Gasteiger partial charge in [0.25, 0.3) is 10.2 Å². The summed E-state index contributed by atoms with van der Waals surface area (Å²) >= 11 is 0. The molecule has 90 valence electrons. The molecule has 0 fully saturated rings. The summed E-state index contributed by atoms with van der Waals surface area (Å²) in [6, 6.07) is 0. The molecule has 0 aromatic rings. The minimum absolute atomic E-state index is 0.175. The molecule has 0 amide bonds. The molecule has 7 heteroatoms. The number of aliphatic carboxylic acids is 1. The highest BCUT2D eigenvalue weighted by Gasteiger charge is 2.25. The van der Waals surface area contributed by atoms with Crippen LogP contribution in [0.3, 0.4) is 0 Å². The molecular formula is C8H18N2O4S. The summed E-state index contributed by atoms with van der Waals surface area (Å²) in [6.07, 6.45) is 0.380. The number of hydrogen-bond acceptors (Lipinski definition) is 3. The molecule has 0 bridgehead atoms. The first-order chi connectivity index (χ1) is 6.51. The van der Waals surface area contributed by atoms with Crippen molar-refractivity contribution in [1.29, 1.82) is 0 Å². The number of nitrogens with two attached hydrogens (primary N) is 1. The SMILES string of the molecule is CC(C)(C)CC(CNS(N)(=O)=O)C(=O)O. The lowest BCUT2D eigenvalue weighted by Gasteiger charge is -2.23. The van der Waals surface area contributed by atoms with E-state index in [-0.39, 0.29) is 12.0 Å². The lowest BCUT2D eigenvalue weighted by Crippen LogP contribution is -2.38. The zero-order valence-electron chi connectivity index (χ0n) is 9.15. The van der Waals surface area contributed by atoms with Crippen molar-refractivity contribution < 1.29 is 18.3 Å². The predicted molar refractivity (Wildman–Crippen MR) is 56.3 cm³/mol. The first-order valence-corrected chi connectivity index (χ1v) is 6.06. The average Bonchev–Trinajstić information content (AvgIpc) is 1.93. The van der Waals surface area contributed by atoms with Crippen LogP contribution in [0.4, 0.5) is 0 Å². The molecule has 0 aromatic heterocycles. The Bertz CT molecular complexity index is 318. The van der Waals surface area contributed by atoms with E-state index >= 15 is 0 Å². The van der Waals surface area contributed by atoms with E-state index in [1.165, 1.54) is 0 Å². The molecule has 0 radical (unpaired) electrons. The van der Waals surface area contributed by atoms with Crippen LogP contribution in [0, 0.1) is 11.3 Å². The lowest BCUT2D eigenvalue weighted by atomic mass is 9.85. The Morgan fingerprint density at radius 2 is 1.93 bits per heavy atom. The molecule has 0 aliphatic rings. The van der Waals surface area contributed by atoms with Crippen molar-refractivity contribution in [2.45, 2.75) is 27.2 Å².